The highest BCUT2D eigenvalue weighted by Crippen LogP contribution is 2.32. The number of hydrogen-bond donors (Lipinski definition) is 0. The maximum absolute atomic E-state index is 12.5. The number of amides is 2. The second-order valence-corrected chi connectivity index (χ2v) is 5.50. The van der Waals surface area contributed by atoms with Crippen molar-refractivity contribution < 1.29 is 9.59 Å². The van der Waals surface area contributed by atoms with E-state index in [0.29, 0.717) is 21.8 Å². The van der Waals surface area contributed by atoms with Crippen LogP contribution >= 0.6 is 11.6 Å². The summed E-state index contributed by atoms with van der Waals surface area (Å²) in [6.45, 7) is 0. The predicted molar refractivity (Wildman–Crippen MR) is 86.2 cm³/mol. The number of carbonyl (C=O) groups excluding carboxylic acids is 2. The largest absolute Gasteiger partial charge is 0.305 e. The van der Waals surface area contributed by atoms with Crippen LogP contribution in [0.4, 0.5) is 5.69 Å². The molecule has 0 radical (unpaired) electrons. The molecule has 2 amide bonds. The molecule has 5 nitrogen and oxygen atoms in total. The molecule has 1 aromatic heterocycles. The third-order valence-corrected chi connectivity index (χ3v) is 4.07. The van der Waals surface area contributed by atoms with Crippen LogP contribution in [-0.2, 0) is 0 Å². The molecule has 23 heavy (non-hydrogen) atoms. The molecule has 0 fully saturated rings. The molecule has 0 saturated heterocycles. The Morgan fingerprint density at radius 1 is 0.957 bits per heavy atom. The minimum atomic E-state index is -0.336. The molecule has 0 unspecified atom stereocenters. The lowest BCUT2D eigenvalue weighted by molar-refractivity contribution is 0.0926. The van der Waals surface area contributed by atoms with E-state index >= 15 is 0 Å². The third kappa shape index (κ3) is 2.05. The molecule has 1 aliphatic heterocycles. The van der Waals surface area contributed by atoms with E-state index < -0.39 is 0 Å². The standard InChI is InChI=1S/C17H10ClN3O2/c18-14-9-11(5-6-15(14)20-8-7-19-10-20)21-16(22)12-3-1-2-4-13(12)17(21)23/h1-10H. The van der Waals surface area contributed by atoms with Crippen LogP contribution in [0, 0.1) is 0 Å². The van der Waals surface area contributed by atoms with Gasteiger partial charge in [-0.05, 0) is 30.3 Å². The lowest BCUT2D eigenvalue weighted by Gasteiger charge is -2.15. The fraction of sp³-hybridized carbons (Fsp3) is 0. The number of imide groups is 1. The fourth-order valence-corrected chi connectivity index (χ4v) is 2.94. The van der Waals surface area contributed by atoms with Crippen molar-refractivity contribution in [3.63, 3.8) is 0 Å². The van der Waals surface area contributed by atoms with E-state index in [1.807, 2.05) is 0 Å². The van der Waals surface area contributed by atoms with Crippen LogP contribution in [0.25, 0.3) is 5.69 Å². The van der Waals surface area contributed by atoms with Crippen LogP contribution in [-0.4, -0.2) is 21.4 Å². The molecular weight excluding hydrogens is 314 g/mol. The monoisotopic (exact) mass is 323 g/mol. The van der Waals surface area contributed by atoms with E-state index in [9.17, 15) is 9.59 Å². The zero-order valence-corrected chi connectivity index (χ0v) is 12.6. The summed E-state index contributed by atoms with van der Waals surface area (Å²) in [5.74, 6) is -0.672. The van der Waals surface area contributed by atoms with Gasteiger partial charge >= 0.3 is 0 Å². The minimum absolute atomic E-state index is 0.336. The summed E-state index contributed by atoms with van der Waals surface area (Å²) in [5, 5.41) is 0.428. The predicted octanol–water partition coefficient (Wildman–Crippen LogP) is 3.33. The Balaban J connectivity index is 1.77. The highest BCUT2D eigenvalue weighted by Gasteiger charge is 2.36. The van der Waals surface area contributed by atoms with Gasteiger partial charge in [0, 0.05) is 12.4 Å². The fourth-order valence-electron chi connectivity index (χ4n) is 2.67. The Morgan fingerprint density at radius 2 is 1.65 bits per heavy atom. The second kappa shape index (κ2) is 5.07. The Morgan fingerprint density at radius 3 is 2.22 bits per heavy atom. The van der Waals surface area contributed by atoms with Crippen LogP contribution in [0.5, 0.6) is 0 Å². The number of hydrogen-bond acceptors (Lipinski definition) is 3. The first-order valence-corrected chi connectivity index (χ1v) is 7.30. The quantitative estimate of drug-likeness (QED) is 0.680. The van der Waals surface area contributed by atoms with E-state index in [0.717, 1.165) is 10.6 Å². The van der Waals surface area contributed by atoms with Crippen molar-refractivity contribution in [1.82, 2.24) is 9.55 Å². The number of benzene rings is 2. The van der Waals surface area contributed by atoms with Gasteiger partial charge < -0.3 is 4.57 Å². The lowest BCUT2D eigenvalue weighted by Crippen LogP contribution is -2.29. The molecular formula is C17H10ClN3O2. The van der Waals surface area contributed by atoms with Crippen LogP contribution in [0.2, 0.25) is 5.02 Å². The van der Waals surface area contributed by atoms with Crippen molar-refractivity contribution in [1.29, 1.82) is 0 Å². The van der Waals surface area contributed by atoms with Crippen LogP contribution in [0.15, 0.2) is 61.2 Å². The first-order chi connectivity index (χ1) is 11.2. The molecule has 4 rings (SSSR count). The molecule has 0 saturated carbocycles. The SMILES string of the molecule is O=C1c2ccccc2C(=O)N1c1ccc(-n2ccnc2)c(Cl)c1. The van der Waals surface area contributed by atoms with Gasteiger partial charge in [0.1, 0.15) is 0 Å². The number of imidazole rings is 1. The highest BCUT2D eigenvalue weighted by molar-refractivity contribution is 6.36. The number of carbonyl (C=O) groups is 2. The summed E-state index contributed by atoms with van der Waals surface area (Å²) in [7, 11) is 0. The smallest absolute Gasteiger partial charge is 0.266 e. The molecule has 0 spiro atoms. The van der Waals surface area contributed by atoms with E-state index in [-0.39, 0.29) is 11.8 Å². The van der Waals surface area contributed by atoms with Crippen molar-refractivity contribution in [2.24, 2.45) is 0 Å². The van der Waals surface area contributed by atoms with Gasteiger partial charge in [0.25, 0.3) is 11.8 Å². The Hall–Kier alpha value is -2.92. The number of aromatic nitrogens is 2. The third-order valence-electron chi connectivity index (χ3n) is 3.77. The normalized spacial score (nSPS) is 13.5. The topological polar surface area (TPSA) is 55.2 Å². The molecule has 2 heterocycles. The van der Waals surface area contributed by atoms with Crippen molar-refractivity contribution in [2.45, 2.75) is 0 Å². The van der Waals surface area contributed by atoms with E-state index in [4.69, 9.17) is 11.6 Å². The number of anilines is 1. The van der Waals surface area contributed by atoms with Crippen LogP contribution in [0.3, 0.4) is 0 Å². The van der Waals surface area contributed by atoms with Gasteiger partial charge in [0.15, 0.2) is 0 Å². The molecule has 0 bridgehead atoms. The maximum atomic E-state index is 12.5. The Labute approximate surface area is 136 Å². The minimum Gasteiger partial charge on any atom is -0.305 e. The average molecular weight is 324 g/mol. The highest BCUT2D eigenvalue weighted by atomic mass is 35.5. The van der Waals surface area contributed by atoms with Gasteiger partial charge in [-0.3, -0.25) is 9.59 Å². The van der Waals surface area contributed by atoms with E-state index in [2.05, 4.69) is 4.98 Å². The van der Waals surface area contributed by atoms with Gasteiger partial charge in [-0.2, -0.15) is 0 Å². The van der Waals surface area contributed by atoms with Gasteiger partial charge in [0.05, 0.1) is 33.9 Å². The number of fused-ring (bicyclic) bond motifs is 1. The zero-order valence-electron chi connectivity index (χ0n) is 11.8. The summed E-state index contributed by atoms with van der Waals surface area (Å²) in [4.78, 5) is 30.1. The van der Waals surface area contributed by atoms with Crippen molar-refractivity contribution in [2.75, 3.05) is 4.90 Å². The molecule has 2 aromatic carbocycles. The van der Waals surface area contributed by atoms with Crippen molar-refractivity contribution in [3.8, 4) is 5.69 Å². The number of nitrogens with zero attached hydrogens (tertiary/aromatic N) is 3. The lowest BCUT2D eigenvalue weighted by atomic mass is 10.1. The summed E-state index contributed by atoms with van der Waals surface area (Å²) in [6.07, 6.45) is 5.04. The zero-order chi connectivity index (χ0) is 16.0. The van der Waals surface area contributed by atoms with Gasteiger partial charge in [0.2, 0.25) is 0 Å². The molecule has 0 aliphatic carbocycles. The van der Waals surface area contributed by atoms with E-state index in [1.165, 1.54) is 0 Å². The first-order valence-electron chi connectivity index (χ1n) is 6.92. The number of rotatable bonds is 2. The van der Waals surface area contributed by atoms with Crippen molar-refractivity contribution >= 4 is 29.1 Å². The maximum Gasteiger partial charge on any atom is 0.266 e. The van der Waals surface area contributed by atoms with Crippen LogP contribution < -0.4 is 4.90 Å². The van der Waals surface area contributed by atoms with Gasteiger partial charge in [-0.15, -0.1) is 0 Å². The van der Waals surface area contributed by atoms with Crippen molar-refractivity contribution in [3.05, 3.63) is 77.3 Å². The van der Waals surface area contributed by atoms with Crippen LogP contribution in [0.1, 0.15) is 20.7 Å². The number of halogens is 1. The molecule has 0 N–H and O–H groups in total. The average Bonchev–Trinajstić information content (AvgIpc) is 3.16. The summed E-state index contributed by atoms with van der Waals surface area (Å²) < 4.78 is 1.76. The molecule has 1 aliphatic rings. The molecule has 6 heteroatoms. The summed E-state index contributed by atoms with van der Waals surface area (Å²) >= 11 is 6.31. The van der Waals surface area contributed by atoms with Gasteiger partial charge in [-0.25, -0.2) is 9.88 Å². The Bertz CT molecular complexity index is 900. The molecule has 3 aromatic rings. The molecule has 112 valence electrons. The van der Waals surface area contributed by atoms with Gasteiger partial charge in [-0.1, -0.05) is 23.7 Å². The van der Waals surface area contributed by atoms with E-state index in [1.54, 1.807) is 65.8 Å². The summed E-state index contributed by atoms with van der Waals surface area (Å²) in [5.41, 5.74) is 1.99. The summed E-state index contributed by atoms with van der Waals surface area (Å²) in [6, 6.07) is 11.8. The Kier molecular flexibility index (Phi) is 3.02. The second-order valence-electron chi connectivity index (χ2n) is 5.10. The first kappa shape index (κ1) is 13.7. The molecule has 0 atom stereocenters.